The molecule has 0 spiro atoms. The van der Waals surface area contributed by atoms with Crippen molar-refractivity contribution in [1.82, 2.24) is 5.32 Å². The Morgan fingerprint density at radius 2 is 1.79 bits per heavy atom. The van der Waals surface area contributed by atoms with Gasteiger partial charge in [-0.15, -0.1) is 0 Å². The SMILES string of the molecule is O=C(COC(=O)Cc1coc2ccc3ccccc3c12)NCc1ccc(Cl)cc1. The van der Waals surface area contributed by atoms with Crippen molar-refractivity contribution in [2.75, 3.05) is 6.61 Å². The van der Waals surface area contributed by atoms with E-state index in [-0.39, 0.29) is 18.9 Å². The highest BCUT2D eigenvalue weighted by Gasteiger charge is 2.15. The molecule has 0 fully saturated rings. The van der Waals surface area contributed by atoms with Crippen LogP contribution in [0.1, 0.15) is 11.1 Å². The first-order valence-corrected chi connectivity index (χ1v) is 9.52. The van der Waals surface area contributed by atoms with Gasteiger partial charge in [0.25, 0.3) is 5.91 Å². The normalized spacial score (nSPS) is 10.9. The zero-order valence-corrected chi connectivity index (χ0v) is 16.2. The molecule has 1 N–H and O–H groups in total. The van der Waals surface area contributed by atoms with Crippen molar-refractivity contribution >= 4 is 45.2 Å². The van der Waals surface area contributed by atoms with E-state index in [1.807, 2.05) is 48.5 Å². The molecule has 0 bridgehead atoms. The van der Waals surface area contributed by atoms with Gasteiger partial charge in [-0.25, -0.2) is 0 Å². The van der Waals surface area contributed by atoms with Crippen LogP contribution in [-0.2, 0) is 27.3 Å². The molecule has 4 aromatic rings. The fraction of sp³-hybridized carbons (Fsp3) is 0.130. The molecule has 3 aromatic carbocycles. The number of nitrogens with one attached hydrogen (secondary N) is 1. The lowest BCUT2D eigenvalue weighted by atomic mass is 10.0. The highest BCUT2D eigenvalue weighted by Crippen LogP contribution is 2.30. The van der Waals surface area contributed by atoms with Gasteiger partial charge >= 0.3 is 5.97 Å². The molecule has 0 aliphatic rings. The number of carbonyl (C=O) groups is 2. The summed E-state index contributed by atoms with van der Waals surface area (Å²) in [5, 5.41) is 6.32. The van der Waals surface area contributed by atoms with Gasteiger partial charge < -0.3 is 14.5 Å². The van der Waals surface area contributed by atoms with E-state index in [1.165, 1.54) is 0 Å². The fourth-order valence-corrected chi connectivity index (χ4v) is 3.34. The van der Waals surface area contributed by atoms with Crippen molar-refractivity contribution in [3.05, 3.63) is 83.1 Å². The Bertz CT molecular complexity index is 1180. The molecule has 0 radical (unpaired) electrons. The minimum Gasteiger partial charge on any atom is -0.464 e. The van der Waals surface area contributed by atoms with Crippen LogP contribution in [0.2, 0.25) is 5.02 Å². The second-order valence-electron chi connectivity index (χ2n) is 6.66. The van der Waals surface area contributed by atoms with E-state index in [1.54, 1.807) is 18.4 Å². The van der Waals surface area contributed by atoms with Crippen LogP contribution in [-0.4, -0.2) is 18.5 Å². The molecular weight excluding hydrogens is 390 g/mol. The number of ether oxygens (including phenoxy) is 1. The summed E-state index contributed by atoms with van der Waals surface area (Å²) < 4.78 is 10.7. The minimum absolute atomic E-state index is 0.0332. The van der Waals surface area contributed by atoms with Crippen molar-refractivity contribution in [3.63, 3.8) is 0 Å². The van der Waals surface area contributed by atoms with Gasteiger partial charge in [0.1, 0.15) is 5.58 Å². The summed E-state index contributed by atoms with van der Waals surface area (Å²) in [6.45, 7) is 0.00879. The summed E-state index contributed by atoms with van der Waals surface area (Å²) in [5.74, 6) is -0.849. The monoisotopic (exact) mass is 407 g/mol. The van der Waals surface area contributed by atoms with Crippen molar-refractivity contribution in [3.8, 4) is 0 Å². The highest BCUT2D eigenvalue weighted by atomic mass is 35.5. The summed E-state index contributed by atoms with van der Waals surface area (Å²) in [6.07, 6.45) is 1.60. The maximum Gasteiger partial charge on any atom is 0.310 e. The third-order valence-electron chi connectivity index (χ3n) is 4.64. The molecular formula is C23H18ClNO4. The van der Waals surface area contributed by atoms with Crippen molar-refractivity contribution < 1.29 is 18.7 Å². The standard InChI is InChI=1S/C23H18ClNO4/c24-18-8-5-15(6-9-18)12-25-21(26)14-29-22(27)11-17-13-28-20-10-7-16-3-1-2-4-19(16)23(17)20/h1-10,13H,11-12,14H2,(H,25,26). The minimum atomic E-state index is -0.484. The quantitative estimate of drug-likeness (QED) is 0.473. The molecule has 1 aromatic heterocycles. The van der Waals surface area contributed by atoms with Crippen LogP contribution in [0.15, 0.2) is 71.3 Å². The summed E-state index contributed by atoms with van der Waals surface area (Å²) in [7, 11) is 0. The topological polar surface area (TPSA) is 68.5 Å². The Morgan fingerprint density at radius 1 is 1.00 bits per heavy atom. The zero-order valence-electron chi connectivity index (χ0n) is 15.5. The lowest BCUT2D eigenvalue weighted by Crippen LogP contribution is -2.28. The number of amides is 1. The maximum atomic E-state index is 12.2. The van der Waals surface area contributed by atoms with Gasteiger partial charge in [0.15, 0.2) is 6.61 Å². The number of furan rings is 1. The zero-order chi connectivity index (χ0) is 20.2. The van der Waals surface area contributed by atoms with E-state index in [4.69, 9.17) is 20.8 Å². The number of fused-ring (bicyclic) bond motifs is 3. The highest BCUT2D eigenvalue weighted by molar-refractivity contribution is 6.30. The molecule has 0 unspecified atom stereocenters. The summed E-state index contributed by atoms with van der Waals surface area (Å²) in [5.41, 5.74) is 2.36. The van der Waals surface area contributed by atoms with Crippen LogP contribution < -0.4 is 5.32 Å². The lowest BCUT2D eigenvalue weighted by Gasteiger charge is -2.07. The second kappa shape index (κ2) is 8.37. The van der Waals surface area contributed by atoms with E-state index in [2.05, 4.69) is 5.32 Å². The largest absolute Gasteiger partial charge is 0.464 e. The van der Waals surface area contributed by atoms with Gasteiger partial charge in [-0.05, 0) is 34.5 Å². The molecule has 1 heterocycles. The average molecular weight is 408 g/mol. The van der Waals surface area contributed by atoms with Crippen LogP contribution in [0.4, 0.5) is 0 Å². The van der Waals surface area contributed by atoms with Crippen LogP contribution in [0.25, 0.3) is 21.7 Å². The van der Waals surface area contributed by atoms with E-state index < -0.39 is 5.97 Å². The van der Waals surface area contributed by atoms with Crippen LogP contribution in [0.5, 0.6) is 0 Å². The number of benzene rings is 3. The smallest absolute Gasteiger partial charge is 0.310 e. The first-order valence-electron chi connectivity index (χ1n) is 9.15. The van der Waals surface area contributed by atoms with E-state index >= 15 is 0 Å². The Kier molecular flexibility index (Phi) is 5.49. The Labute approximate surface area is 172 Å². The molecule has 0 aliphatic carbocycles. The predicted octanol–water partition coefficient (Wildman–Crippen LogP) is 4.64. The molecule has 29 heavy (non-hydrogen) atoms. The molecule has 0 atom stereocenters. The summed E-state index contributed by atoms with van der Waals surface area (Å²) >= 11 is 5.83. The van der Waals surface area contributed by atoms with Crippen LogP contribution >= 0.6 is 11.6 Å². The maximum absolute atomic E-state index is 12.2. The lowest BCUT2D eigenvalue weighted by molar-refractivity contribution is -0.147. The first kappa shape index (κ1) is 19.0. The van der Waals surface area contributed by atoms with E-state index in [0.29, 0.717) is 17.2 Å². The molecule has 0 saturated heterocycles. The fourth-order valence-electron chi connectivity index (χ4n) is 3.21. The van der Waals surface area contributed by atoms with Crippen LogP contribution in [0.3, 0.4) is 0 Å². The van der Waals surface area contributed by atoms with E-state index in [0.717, 1.165) is 27.3 Å². The number of halogens is 1. The number of rotatable bonds is 6. The van der Waals surface area contributed by atoms with Gasteiger partial charge in [-0.3, -0.25) is 9.59 Å². The summed E-state index contributed by atoms with van der Waals surface area (Å²) in [6, 6.07) is 18.9. The van der Waals surface area contributed by atoms with Gasteiger partial charge in [-0.1, -0.05) is 54.1 Å². The third kappa shape index (κ3) is 4.41. The molecule has 146 valence electrons. The van der Waals surface area contributed by atoms with Crippen LogP contribution in [0, 0.1) is 0 Å². The van der Waals surface area contributed by atoms with Gasteiger partial charge in [0.05, 0.1) is 12.7 Å². The molecule has 1 amide bonds. The Balaban J connectivity index is 1.35. The van der Waals surface area contributed by atoms with Crippen molar-refractivity contribution in [1.29, 1.82) is 0 Å². The summed E-state index contributed by atoms with van der Waals surface area (Å²) in [4.78, 5) is 24.2. The van der Waals surface area contributed by atoms with Crippen molar-refractivity contribution in [2.45, 2.75) is 13.0 Å². The average Bonchev–Trinajstić information content (AvgIpc) is 3.15. The number of carbonyl (C=O) groups excluding carboxylic acids is 2. The molecule has 5 nitrogen and oxygen atoms in total. The second-order valence-corrected chi connectivity index (χ2v) is 7.10. The molecule has 0 saturated carbocycles. The third-order valence-corrected chi connectivity index (χ3v) is 4.89. The van der Waals surface area contributed by atoms with Gasteiger partial charge in [-0.2, -0.15) is 0 Å². The number of hydrogen-bond donors (Lipinski definition) is 1. The Hall–Kier alpha value is -3.31. The molecule has 4 rings (SSSR count). The number of hydrogen-bond acceptors (Lipinski definition) is 4. The first-order chi connectivity index (χ1) is 14.1. The van der Waals surface area contributed by atoms with Gasteiger partial charge in [0.2, 0.25) is 0 Å². The van der Waals surface area contributed by atoms with Gasteiger partial charge in [0, 0.05) is 22.5 Å². The predicted molar refractivity (Wildman–Crippen MR) is 112 cm³/mol. The molecule has 6 heteroatoms. The van der Waals surface area contributed by atoms with Crippen molar-refractivity contribution in [2.24, 2.45) is 0 Å². The Morgan fingerprint density at radius 3 is 2.62 bits per heavy atom. The molecule has 0 aliphatic heterocycles. The van der Waals surface area contributed by atoms with E-state index in [9.17, 15) is 9.59 Å². The number of esters is 1.